The van der Waals surface area contributed by atoms with E-state index in [0.29, 0.717) is 0 Å². The van der Waals surface area contributed by atoms with Crippen LogP contribution in [0.4, 0.5) is 4.39 Å². The lowest BCUT2D eigenvalue weighted by Gasteiger charge is -2.28. The zero-order valence-corrected chi connectivity index (χ0v) is 19.0. The fourth-order valence-electron chi connectivity index (χ4n) is 3.95. The number of carbonyl (C=O) groups is 1. The molecule has 2 aromatic carbocycles. The Morgan fingerprint density at radius 1 is 1.03 bits per heavy atom. The Hall–Kier alpha value is -2.86. The lowest BCUT2D eigenvalue weighted by molar-refractivity contribution is -0.128. The van der Waals surface area contributed by atoms with Gasteiger partial charge >= 0.3 is 0 Å². The molecule has 1 saturated heterocycles. The molecule has 1 N–H and O–H groups in total. The van der Waals surface area contributed by atoms with Crippen molar-refractivity contribution in [2.24, 2.45) is 0 Å². The summed E-state index contributed by atoms with van der Waals surface area (Å²) in [5.41, 5.74) is 2.90. The van der Waals surface area contributed by atoms with Crippen molar-refractivity contribution in [1.82, 2.24) is 10.2 Å². The Labute approximate surface area is 190 Å². The number of likely N-dealkylation sites (tertiary alicyclic amines) is 1. The van der Waals surface area contributed by atoms with E-state index in [0.717, 1.165) is 80.9 Å². The summed E-state index contributed by atoms with van der Waals surface area (Å²) in [7, 11) is 3.29. The lowest BCUT2D eigenvalue weighted by Crippen LogP contribution is -2.38. The first-order valence-electron chi connectivity index (χ1n) is 11.3. The highest BCUT2D eigenvalue weighted by Gasteiger charge is 2.22. The summed E-state index contributed by atoms with van der Waals surface area (Å²) in [5.74, 6) is 1.35. The number of rotatable bonds is 11. The summed E-state index contributed by atoms with van der Waals surface area (Å²) in [6, 6.07) is 12.3. The normalized spacial score (nSPS) is 15.3. The van der Waals surface area contributed by atoms with E-state index in [-0.39, 0.29) is 11.7 Å². The molecule has 1 aliphatic heterocycles. The van der Waals surface area contributed by atoms with Crippen LogP contribution < -0.4 is 14.8 Å². The van der Waals surface area contributed by atoms with E-state index in [1.54, 1.807) is 26.4 Å². The van der Waals surface area contributed by atoms with E-state index in [1.807, 2.05) is 23.1 Å². The zero-order chi connectivity index (χ0) is 22.8. The quantitative estimate of drug-likeness (QED) is 0.414. The van der Waals surface area contributed by atoms with Crippen molar-refractivity contribution in [3.63, 3.8) is 0 Å². The third-order valence-corrected chi connectivity index (χ3v) is 5.70. The number of carbonyl (C=O) groups excluding carboxylic acids is 1. The van der Waals surface area contributed by atoms with Crippen molar-refractivity contribution in [3.05, 3.63) is 65.0 Å². The van der Waals surface area contributed by atoms with Crippen LogP contribution >= 0.6 is 0 Å². The van der Waals surface area contributed by atoms with Gasteiger partial charge in [-0.2, -0.15) is 0 Å². The number of nitrogens with zero attached hydrogens (tertiary/aromatic N) is 1. The Morgan fingerprint density at radius 2 is 1.78 bits per heavy atom. The SMILES string of the molecule is COc1ccc(CCCNCCCN2CCC/C(=C\c3ccc(F)cc3)C2=O)cc1OC. The second kappa shape index (κ2) is 12.2. The number of benzene rings is 2. The van der Waals surface area contributed by atoms with Crippen LogP contribution in [-0.4, -0.2) is 51.2 Å². The largest absolute Gasteiger partial charge is 0.493 e. The number of hydrogen-bond acceptors (Lipinski definition) is 4. The predicted molar refractivity (Wildman–Crippen MR) is 126 cm³/mol. The maximum atomic E-state index is 13.1. The molecule has 1 fully saturated rings. The van der Waals surface area contributed by atoms with E-state index in [2.05, 4.69) is 11.4 Å². The van der Waals surface area contributed by atoms with Gasteiger partial charge in [-0.05, 0) is 86.7 Å². The maximum Gasteiger partial charge on any atom is 0.249 e. The number of methoxy groups -OCH3 is 2. The molecule has 6 heteroatoms. The van der Waals surface area contributed by atoms with Crippen molar-refractivity contribution in [2.45, 2.75) is 32.1 Å². The first kappa shape index (κ1) is 23.8. The molecular weight excluding hydrogens is 407 g/mol. The average Bonchev–Trinajstić information content (AvgIpc) is 2.81. The molecular formula is C26H33FN2O3. The minimum Gasteiger partial charge on any atom is -0.493 e. The van der Waals surface area contributed by atoms with Gasteiger partial charge in [-0.15, -0.1) is 0 Å². The number of aryl methyl sites for hydroxylation is 1. The number of amides is 1. The van der Waals surface area contributed by atoms with Crippen LogP contribution in [0, 0.1) is 5.82 Å². The smallest absolute Gasteiger partial charge is 0.249 e. The highest BCUT2D eigenvalue weighted by molar-refractivity contribution is 5.98. The highest BCUT2D eigenvalue weighted by atomic mass is 19.1. The summed E-state index contributed by atoms with van der Waals surface area (Å²) in [4.78, 5) is 14.7. The third kappa shape index (κ3) is 6.82. The van der Waals surface area contributed by atoms with E-state index in [9.17, 15) is 9.18 Å². The van der Waals surface area contributed by atoms with Gasteiger partial charge in [0.2, 0.25) is 5.91 Å². The molecule has 0 spiro atoms. The zero-order valence-electron chi connectivity index (χ0n) is 19.0. The van der Waals surface area contributed by atoms with E-state index in [4.69, 9.17) is 9.47 Å². The summed E-state index contributed by atoms with van der Waals surface area (Å²) in [6.45, 7) is 3.37. The molecule has 0 atom stereocenters. The number of halogens is 1. The van der Waals surface area contributed by atoms with Gasteiger partial charge in [0.1, 0.15) is 5.82 Å². The molecule has 3 rings (SSSR count). The molecule has 0 aromatic heterocycles. The van der Waals surface area contributed by atoms with E-state index in [1.165, 1.54) is 17.7 Å². The fraction of sp³-hybridized carbons (Fsp3) is 0.423. The van der Waals surface area contributed by atoms with Crippen LogP contribution in [0.1, 0.15) is 36.8 Å². The predicted octanol–water partition coefficient (Wildman–Crippen LogP) is 4.46. The van der Waals surface area contributed by atoms with Gasteiger partial charge in [0, 0.05) is 18.7 Å². The Kier molecular flexibility index (Phi) is 9.11. The van der Waals surface area contributed by atoms with Gasteiger partial charge < -0.3 is 19.7 Å². The van der Waals surface area contributed by atoms with Gasteiger partial charge in [-0.3, -0.25) is 4.79 Å². The van der Waals surface area contributed by atoms with Crippen molar-refractivity contribution >= 4 is 12.0 Å². The molecule has 1 aliphatic rings. The third-order valence-electron chi connectivity index (χ3n) is 5.70. The van der Waals surface area contributed by atoms with Gasteiger partial charge in [0.25, 0.3) is 0 Å². The first-order chi connectivity index (χ1) is 15.6. The van der Waals surface area contributed by atoms with Crippen LogP contribution in [0.3, 0.4) is 0 Å². The Morgan fingerprint density at radius 3 is 2.53 bits per heavy atom. The minimum atomic E-state index is -0.264. The topological polar surface area (TPSA) is 50.8 Å². The van der Waals surface area contributed by atoms with Crippen LogP contribution in [-0.2, 0) is 11.2 Å². The highest BCUT2D eigenvalue weighted by Crippen LogP contribution is 2.28. The maximum absolute atomic E-state index is 13.1. The second-order valence-corrected chi connectivity index (χ2v) is 8.01. The van der Waals surface area contributed by atoms with Crippen LogP contribution in [0.2, 0.25) is 0 Å². The van der Waals surface area contributed by atoms with E-state index < -0.39 is 0 Å². The molecule has 1 amide bonds. The summed E-state index contributed by atoms with van der Waals surface area (Å²) < 4.78 is 23.7. The second-order valence-electron chi connectivity index (χ2n) is 8.01. The standard InChI is InChI=1S/C26H33FN2O3/c1-31-24-13-10-20(19-25(24)32-2)6-3-14-28-15-5-17-29-16-4-7-22(26(29)30)18-21-8-11-23(27)12-9-21/h8-13,18-19,28H,3-7,14-17H2,1-2H3/b22-18+. The van der Waals surface area contributed by atoms with Crippen molar-refractivity contribution in [2.75, 3.05) is 40.4 Å². The van der Waals surface area contributed by atoms with Crippen molar-refractivity contribution in [1.29, 1.82) is 0 Å². The summed E-state index contributed by atoms with van der Waals surface area (Å²) in [6.07, 6.45) is 6.56. The molecule has 0 aliphatic carbocycles. The van der Waals surface area contributed by atoms with Crippen molar-refractivity contribution < 1.29 is 18.7 Å². The monoisotopic (exact) mass is 440 g/mol. The molecule has 32 heavy (non-hydrogen) atoms. The van der Waals surface area contributed by atoms with Crippen LogP contribution in [0.5, 0.6) is 11.5 Å². The fourth-order valence-corrected chi connectivity index (χ4v) is 3.95. The molecule has 1 heterocycles. The number of ether oxygens (including phenoxy) is 2. The van der Waals surface area contributed by atoms with Crippen LogP contribution in [0.25, 0.3) is 6.08 Å². The number of piperidine rings is 1. The molecule has 0 radical (unpaired) electrons. The van der Waals surface area contributed by atoms with Gasteiger partial charge in [-0.25, -0.2) is 4.39 Å². The average molecular weight is 441 g/mol. The van der Waals surface area contributed by atoms with E-state index >= 15 is 0 Å². The van der Waals surface area contributed by atoms with Crippen LogP contribution in [0.15, 0.2) is 48.0 Å². The molecule has 0 bridgehead atoms. The van der Waals surface area contributed by atoms with Gasteiger partial charge in [0.15, 0.2) is 11.5 Å². The first-order valence-corrected chi connectivity index (χ1v) is 11.3. The van der Waals surface area contributed by atoms with Crippen molar-refractivity contribution in [3.8, 4) is 11.5 Å². The number of hydrogen-bond donors (Lipinski definition) is 1. The molecule has 172 valence electrons. The minimum absolute atomic E-state index is 0.106. The summed E-state index contributed by atoms with van der Waals surface area (Å²) >= 11 is 0. The Bertz CT molecular complexity index is 912. The van der Waals surface area contributed by atoms with Gasteiger partial charge in [-0.1, -0.05) is 18.2 Å². The van der Waals surface area contributed by atoms with Gasteiger partial charge in [0.05, 0.1) is 14.2 Å². The number of nitrogens with one attached hydrogen (secondary N) is 1. The summed E-state index contributed by atoms with van der Waals surface area (Å²) in [5, 5.41) is 3.47. The molecule has 0 saturated carbocycles. The molecule has 2 aromatic rings. The molecule has 5 nitrogen and oxygen atoms in total. The Balaban J connectivity index is 1.35. The lowest BCUT2D eigenvalue weighted by atomic mass is 10.0. The molecule has 0 unspecified atom stereocenters.